The van der Waals surface area contributed by atoms with Crippen LogP contribution < -0.4 is 0 Å². The molecule has 0 amide bonds. The largest absolute Gasteiger partial charge is 0.350 e. The molecule has 4 nitrogen and oxygen atoms in total. The molecular weight excluding hydrogens is 304 g/mol. The average molecular weight is 326 g/mol. The molecule has 2 aromatic rings. The van der Waals surface area contributed by atoms with Crippen LogP contribution in [0, 0.1) is 5.92 Å². The fourth-order valence-electron chi connectivity index (χ4n) is 3.32. The highest BCUT2D eigenvalue weighted by Gasteiger charge is 2.53. The first-order valence-electron chi connectivity index (χ1n) is 8.05. The second-order valence-corrected chi connectivity index (χ2v) is 6.31. The molecule has 1 fully saturated rings. The number of rotatable bonds is 4. The maximum atomic E-state index is 12.3. The van der Waals surface area contributed by atoms with E-state index in [-0.39, 0.29) is 5.78 Å². The van der Waals surface area contributed by atoms with Crippen molar-refractivity contribution in [2.24, 2.45) is 5.92 Å². The van der Waals surface area contributed by atoms with Crippen molar-refractivity contribution in [2.45, 2.75) is 31.7 Å². The fourth-order valence-corrected chi connectivity index (χ4v) is 3.32. The number of ether oxygens (including phenoxy) is 1. The molecule has 0 N–H and O–H groups in total. The zero-order valence-electron chi connectivity index (χ0n) is 14.2. The Hall–Kier alpha value is -2.01. The predicted octanol–water partition coefficient (Wildman–Crippen LogP) is 3.85. The molecule has 0 aliphatic carbocycles. The van der Waals surface area contributed by atoms with Crippen molar-refractivity contribution in [1.82, 2.24) is 0 Å². The molecule has 24 heavy (non-hydrogen) atoms. The third-order valence-electron chi connectivity index (χ3n) is 4.85. The van der Waals surface area contributed by atoms with Crippen LogP contribution in [0.3, 0.4) is 0 Å². The van der Waals surface area contributed by atoms with E-state index in [0.717, 1.165) is 11.1 Å². The lowest BCUT2D eigenvalue weighted by Gasteiger charge is -2.47. The first-order valence-corrected chi connectivity index (χ1v) is 8.05. The smallest absolute Gasteiger partial charge is 0.208 e. The van der Waals surface area contributed by atoms with Gasteiger partial charge in [0.15, 0.2) is 5.60 Å². The highest BCUT2D eigenvalue weighted by atomic mass is 17.2. The molecule has 126 valence electrons. The summed E-state index contributed by atoms with van der Waals surface area (Å²) in [6, 6.07) is 19.7. The van der Waals surface area contributed by atoms with Crippen molar-refractivity contribution in [3.8, 4) is 0 Å². The molecule has 0 saturated carbocycles. The van der Waals surface area contributed by atoms with E-state index in [1.165, 1.54) is 7.11 Å². The number of methoxy groups -OCH3 is 1. The molecule has 0 bridgehead atoms. The molecule has 4 heteroatoms. The fraction of sp³-hybridized carbons (Fsp3) is 0.350. The third kappa shape index (κ3) is 2.77. The van der Waals surface area contributed by atoms with E-state index in [0.29, 0.717) is 6.42 Å². The van der Waals surface area contributed by atoms with Gasteiger partial charge in [-0.05, 0) is 25.0 Å². The molecule has 1 aliphatic heterocycles. The number of Topliss-reactive ketones (excluding diaryl/α,β-unsaturated/α-hetero) is 1. The maximum absolute atomic E-state index is 12.3. The van der Waals surface area contributed by atoms with Gasteiger partial charge in [-0.2, -0.15) is 4.89 Å². The average Bonchev–Trinajstić information content (AvgIpc) is 2.63. The normalized spacial score (nSPS) is 26.0. The van der Waals surface area contributed by atoms with Crippen molar-refractivity contribution in [1.29, 1.82) is 0 Å². The summed E-state index contributed by atoms with van der Waals surface area (Å²) >= 11 is 0. The van der Waals surface area contributed by atoms with E-state index in [1.807, 2.05) is 60.7 Å². The van der Waals surface area contributed by atoms with Gasteiger partial charge in [0.1, 0.15) is 5.78 Å². The highest BCUT2D eigenvalue weighted by Crippen LogP contribution is 2.48. The molecule has 1 heterocycles. The molecular formula is C20H22O4. The second-order valence-electron chi connectivity index (χ2n) is 6.31. The molecule has 0 radical (unpaired) electrons. The van der Waals surface area contributed by atoms with E-state index in [9.17, 15) is 4.79 Å². The number of benzene rings is 2. The van der Waals surface area contributed by atoms with Gasteiger partial charge < -0.3 is 4.74 Å². The van der Waals surface area contributed by atoms with Crippen LogP contribution in [-0.4, -0.2) is 18.7 Å². The quantitative estimate of drug-likeness (QED) is 0.801. The Labute approximate surface area is 142 Å². The number of hydrogen-bond acceptors (Lipinski definition) is 4. The summed E-state index contributed by atoms with van der Waals surface area (Å²) in [6.07, 6.45) is 0.445. The Balaban J connectivity index is 2.13. The summed E-state index contributed by atoms with van der Waals surface area (Å²) in [5.74, 6) is -1.53. The molecule has 1 saturated heterocycles. The van der Waals surface area contributed by atoms with Gasteiger partial charge in [0.2, 0.25) is 5.79 Å². The van der Waals surface area contributed by atoms with Crippen LogP contribution in [0.15, 0.2) is 60.7 Å². The van der Waals surface area contributed by atoms with Crippen LogP contribution in [0.5, 0.6) is 0 Å². The minimum Gasteiger partial charge on any atom is -0.350 e. The van der Waals surface area contributed by atoms with Crippen LogP contribution in [0.2, 0.25) is 0 Å². The lowest BCUT2D eigenvalue weighted by Crippen LogP contribution is -2.53. The standard InChI is InChI=1S/C20H22O4/c1-15(21)18-14-20(16-10-6-4-7-11-16,17-12-8-5-9-13-17)24-23-19(18,2)22-3/h4-13,18H,14H2,1-3H3. The Morgan fingerprint density at radius 3 is 1.92 bits per heavy atom. The minimum atomic E-state index is -1.10. The van der Waals surface area contributed by atoms with Crippen LogP contribution >= 0.6 is 0 Å². The van der Waals surface area contributed by atoms with Crippen molar-refractivity contribution < 1.29 is 19.3 Å². The number of carbonyl (C=O) groups is 1. The van der Waals surface area contributed by atoms with Crippen LogP contribution in [0.25, 0.3) is 0 Å². The number of ketones is 1. The van der Waals surface area contributed by atoms with Gasteiger partial charge in [0.05, 0.1) is 5.92 Å². The first-order chi connectivity index (χ1) is 11.5. The molecule has 0 aromatic heterocycles. The summed E-state index contributed by atoms with van der Waals surface area (Å²) in [7, 11) is 1.53. The SMILES string of the molecule is COC1(C)OOC(c2ccccc2)(c2ccccc2)CC1C(C)=O. The summed E-state index contributed by atoms with van der Waals surface area (Å²) in [5.41, 5.74) is 1.04. The van der Waals surface area contributed by atoms with Gasteiger partial charge in [-0.25, -0.2) is 4.89 Å². The predicted molar refractivity (Wildman–Crippen MR) is 90.0 cm³/mol. The lowest BCUT2D eigenvalue weighted by molar-refractivity contribution is -0.491. The Morgan fingerprint density at radius 1 is 1.00 bits per heavy atom. The van der Waals surface area contributed by atoms with E-state index >= 15 is 0 Å². The Kier molecular flexibility index (Phi) is 4.54. The highest BCUT2D eigenvalue weighted by molar-refractivity contribution is 5.79. The molecule has 0 spiro atoms. The van der Waals surface area contributed by atoms with Gasteiger partial charge in [0, 0.05) is 13.5 Å². The van der Waals surface area contributed by atoms with Gasteiger partial charge in [-0.3, -0.25) is 4.79 Å². The topological polar surface area (TPSA) is 44.8 Å². The van der Waals surface area contributed by atoms with E-state index in [2.05, 4.69) is 0 Å². The zero-order valence-corrected chi connectivity index (χ0v) is 14.2. The van der Waals surface area contributed by atoms with Crippen LogP contribution in [0.4, 0.5) is 0 Å². The summed E-state index contributed by atoms with van der Waals surface area (Å²) < 4.78 is 5.45. The van der Waals surface area contributed by atoms with Gasteiger partial charge >= 0.3 is 0 Å². The summed E-state index contributed by atoms with van der Waals surface area (Å²) in [6.45, 7) is 3.30. The third-order valence-corrected chi connectivity index (χ3v) is 4.85. The van der Waals surface area contributed by atoms with E-state index < -0.39 is 17.3 Å². The lowest BCUT2D eigenvalue weighted by atomic mass is 9.75. The van der Waals surface area contributed by atoms with E-state index in [4.69, 9.17) is 14.5 Å². The van der Waals surface area contributed by atoms with Crippen molar-refractivity contribution in [2.75, 3.05) is 7.11 Å². The van der Waals surface area contributed by atoms with Crippen LogP contribution in [0.1, 0.15) is 31.4 Å². The van der Waals surface area contributed by atoms with Gasteiger partial charge in [-0.1, -0.05) is 60.7 Å². The van der Waals surface area contributed by atoms with Crippen LogP contribution in [-0.2, 0) is 24.9 Å². The first kappa shape index (κ1) is 16.8. The Morgan fingerprint density at radius 2 is 1.50 bits per heavy atom. The van der Waals surface area contributed by atoms with Crippen molar-refractivity contribution in [3.05, 3.63) is 71.8 Å². The summed E-state index contributed by atoms with van der Waals surface area (Å²) in [5, 5.41) is 0. The van der Waals surface area contributed by atoms with Crippen molar-refractivity contribution >= 4 is 5.78 Å². The summed E-state index contributed by atoms with van der Waals surface area (Å²) in [4.78, 5) is 23.9. The zero-order chi connectivity index (χ0) is 17.2. The molecule has 2 unspecified atom stereocenters. The molecule has 3 rings (SSSR count). The van der Waals surface area contributed by atoms with Gasteiger partial charge in [0.25, 0.3) is 0 Å². The van der Waals surface area contributed by atoms with Gasteiger partial charge in [-0.15, -0.1) is 0 Å². The molecule has 1 aliphatic rings. The van der Waals surface area contributed by atoms with E-state index in [1.54, 1.807) is 13.8 Å². The number of carbonyl (C=O) groups excluding carboxylic acids is 1. The number of hydrogen-bond donors (Lipinski definition) is 0. The monoisotopic (exact) mass is 326 g/mol. The molecule has 2 atom stereocenters. The van der Waals surface area contributed by atoms with Crippen molar-refractivity contribution in [3.63, 3.8) is 0 Å². The Bertz CT molecular complexity index is 659. The maximum Gasteiger partial charge on any atom is 0.208 e. The second kappa shape index (κ2) is 6.48. The molecule has 2 aromatic carbocycles. The minimum absolute atomic E-state index is 0.0129.